The van der Waals surface area contributed by atoms with Crippen molar-refractivity contribution >= 4 is 34.5 Å². The summed E-state index contributed by atoms with van der Waals surface area (Å²) in [6, 6.07) is 11.0. The van der Waals surface area contributed by atoms with Gasteiger partial charge in [0.25, 0.3) is 5.91 Å². The molecule has 2 amide bonds. The van der Waals surface area contributed by atoms with E-state index in [1.54, 1.807) is 13.0 Å². The number of carbonyl (C=O) groups is 2. The third-order valence-electron chi connectivity index (χ3n) is 3.96. The largest absolute Gasteiger partial charge is 0.459 e. The molecule has 0 atom stereocenters. The highest BCUT2D eigenvalue weighted by Crippen LogP contribution is 2.34. The van der Waals surface area contributed by atoms with Gasteiger partial charge in [-0.2, -0.15) is 0 Å². The van der Waals surface area contributed by atoms with E-state index in [1.807, 2.05) is 37.3 Å². The van der Waals surface area contributed by atoms with Crippen LogP contribution in [0.15, 0.2) is 40.8 Å². The minimum atomic E-state index is -0.230. The topological polar surface area (TPSA) is 75.4 Å². The molecular weight excluding hydrogens is 338 g/mol. The Bertz CT molecular complexity index is 989. The lowest BCUT2D eigenvalue weighted by Crippen LogP contribution is -2.42. The summed E-state index contributed by atoms with van der Waals surface area (Å²) in [4.78, 5) is 31.5. The Morgan fingerprint density at radius 2 is 2.04 bits per heavy atom. The molecular formula is C18H15N3O3S. The third kappa shape index (κ3) is 2.72. The minimum Gasteiger partial charge on any atom is -0.459 e. The van der Waals surface area contributed by atoms with Gasteiger partial charge in [-0.15, -0.1) is 11.3 Å². The van der Waals surface area contributed by atoms with Crippen molar-refractivity contribution in [2.45, 2.75) is 13.8 Å². The van der Waals surface area contributed by atoms with Gasteiger partial charge in [-0.1, -0.05) is 12.1 Å². The molecule has 7 heteroatoms. The highest BCUT2D eigenvalue weighted by atomic mass is 32.1. The highest BCUT2D eigenvalue weighted by Gasteiger charge is 2.30. The smallest absolute Gasteiger partial charge is 0.270 e. The van der Waals surface area contributed by atoms with Crippen molar-refractivity contribution in [3.8, 4) is 10.8 Å². The fourth-order valence-electron chi connectivity index (χ4n) is 2.79. The molecule has 0 saturated heterocycles. The fraction of sp³-hybridized carbons (Fsp3) is 0.167. The predicted octanol–water partition coefficient (Wildman–Crippen LogP) is 3.62. The average molecular weight is 353 g/mol. The first-order chi connectivity index (χ1) is 12.0. The summed E-state index contributed by atoms with van der Waals surface area (Å²) in [7, 11) is 0. The zero-order valence-electron chi connectivity index (χ0n) is 13.7. The van der Waals surface area contributed by atoms with E-state index in [0.717, 1.165) is 5.76 Å². The molecule has 0 unspecified atom stereocenters. The number of fused-ring (bicyclic) bond motifs is 1. The molecule has 3 heterocycles. The van der Waals surface area contributed by atoms with Crippen LogP contribution < -0.4 is 10.2 Å². The van der Waals surface area contributed by atoms with Crippen LogP contribution >= 0.6 is 11.3 Å². The first-order valence-electron chi connectivity index (χ1n) is 7.78. The van der Waals surface area contributed by atoms with Crippen molar-refractivity contribution < 1.29 is 14.0 Å². The van der Waals surface area contributed by atoms with E-state index >= 15 is 0 Å². The number of benzene rings is 1. The lowest BCUT2D eigenvalue weighted by Gasteiger charge is -2.28. The van der Waals surface area contributed by atoms with Gasteiger partial charge >= 0.3 is 0 Å². The van der Waals surface area contributed by atoms with Crippen molar-refractivity contribution in [1.82, 2.24) is 4.98 Å². The van der Waals surface area contributed by atoms with E-state index in [2.05, 4.69) is 10.3 Å². The van der Waals surface area contributed by atoms with E-state index in [-0.39, 0.29) is 18.4 Å². The van der Waals surface area contributed by atoms with Crippen LogP contribution in [0.1, 0.15) is 21.1 Å². The number of anilines is 2. The van der Waals surface area contributed by atoms with E-state index in [1.165, 1.54) is 16.2 Å². The summed E-state index contributed by atoms with van der Waals surface area (Å²) in [6.45, 7) is 3.64. The van der Waals surface area contributed by atoms with Crippen LogP contribution in [0, 0.1) is 13.8 Å². The summed E-state index contributed by atoms with van der Waals surface area (Å²) in [5.41, 5.74) is 1.95. The Hall–Kier alpha value is -2.93. The van der Waals surface area contributed by atoms with E-state index in [0.29, 0.717) is 32.7 Å². The van der Waals surface area contributed by atoms with Crippen LogP contribution in [0.2, 0.25) is 0 Å². The van der Waals surface area contributed by atoms with Gasteiger partial charge in [0.15, 0.2) is 10.8 Å². The molecule has 1 N–H and O–H groups in total. The highest BCUT2D eigenvalue weighted by molar-refractivity contribution is 7.17. The summed E-state index contributed by atoms with van der Waals surface area (Å²) in [6.07, 6.45) is 0. The van der Waals surface area contributed by atoms with Gasteiger partial charge in [0.1, 0.15) is 17.2 Å². The zero-order valence-corrected chi connectivity index (χ0v) is 14.5. The van der Waals surface area contributed by atoms with Gasteiger partial charge in [-0.3, -0.25) is 14.5 Å². The molecule has 2 aromatic heterocycles. The number of thiazole rings is 1. The van der Waals surface area contributed by atoms with Crippen LogP contribution in [-0.4, -0.2) is 23.3 Å². The predicted molar refractivity (Wildman–Crippen MR) is 96.0 cm³/mol. The maximum absolute atomic E-state index is 13.1. The summed E-state index contributed by atoms with van der Waals surface area (Å²) >= 11 is 1.28. The summed E-state index contributed by atoms with van der Waals surface area (Å²) < 4.78 is 5.60. The molecule has 25 heavy (non-hydrogen) atoms. The van der Waals surface area contributed by atoms with E-state index in [9.17, 15) is 9.59 Å². The number of nitrogens with zero attached hydrogens (tertiary/aromatic N) is 2. The quantitative estimate of drug-likeness (QED) is 0.763. The maximum atomic E-state index is 13.1. The standard InChI is InChI=1S/C18H15N3O3S/c1-10-7-8-14(24-10)17-19-11(2)16(25-17)18(23)21-9-15(22)20-12-5-3-4-6-13(12)21/h3-8H,9H2,1-2H3,(H,20,22). The van der Waals surface area contributed by atoms with Crippen molar-refractivity contribution in [3.05, 3.63) is 52.7 Å². The molecule has 1 aliphatic heterocycles. The molecule has 1 aromatic carbocycles. The van der Waals surface area contributed by atoms with Crippen molar-refractivity contribution in [1.29, 1.82) is 0 Å². The van der Waals surface area contributed by atoms with Crippen LogP contribution in [0.25, 0.3) is 10.8 Å². The molecule has 0 aliphatic carbocycles. The van der Waals surface area contributed by atoms with Crippen LogP contribution in [0.5, 0.6) is 0 Å². The van der Waals surface area contributed by atoms with Crippen LogP contribution in [0.3, 0.4) is 0 Å². The molecule has 4 rings (SSSR count). The number of aryl methyl sites for hydroxylation is 2. The number of furan rings is 1. The second kappa shape index (κ2) is 5.86. The molecule has 126 valence electrons. The number of amides is 2. The van der Waals surface area contributed by atoms with Gasteiger partial charge in [0.2, 0.25) is 5.91 Å². The van der Waals surface area contributed by atoms with Gasteiger partial charge in [0, 0.05) is 0 Å². The maximum Gasteiger partial charge on any atom is 0.270 e. The first-order valence-corrected chi connectivity index (χ1v) is 8.59. The molecule has 0 spiro atoms. The van der Waals surface area contributed by atoms with Gasteiger partial charge in [0.05, 0.1) is 17.1 Å². The molecule has 1 aliphatic rings. The minimum absolute atomic E-state index is 0.0115. The Morgan fingerprint density at radius 3 is 2.80 bits per heavy atom. The Balaban J connectivity index is 1.72. The van der Waals surface area contributed by atoms with E-state index in [4.69, 9.17) is 4.42 Å². The zero-order chi connectivity index (χ0) is 17.6. The monoisotopic (exact) mass is 353 g/mol. The number of carbonyl (C=O) groups excluding carboxylic acids is 2. The number of hydrogen-bond acceptors (Lipinski definition) is 5. The summed E-state index contributed by atoms with van der Waals surface area (Å²) in [5, 5.41) is 3.44. The molecule has 6 nitrogen and oxygen atoms in total. The second-order valence-electron chi connectivity index (χ2n) is 5.80. The average Bonchev–Trinajstić information content (AvgIpc) is 3.19. The normalized spacial score (nSPS) is 13.5. The molecule has 0 fully saturated rings. The van der Waals surface area contributed by atoms with Gasteiger partial charge in [-0.25, -0.2) is 4.98 Å². The first kappa shape index (κ1) is 15.6. The molecule has 3 aromatic rings. The van der Waals surface area contributed by atoms with E-state index < -0.39 is 0 Å². The van der Waals surface area contributed by atoms with Crippen molar-refractivity contribution in [3.63, 3.8) is 0 Å². The number of hydrogen-bond donors (Lipinski definition) is 1. The Kier molecular flexibility index (Phi) is 3.65. The van der Waals surface area contributed by atoms with Gasteiger partial charge in [-0.05, 0) is 38.1 Å². The van der Waals surface area contributed by atoms with Crippen LogP contribution in [0.4, 0.5) is 11.4 Å². The summed E-state index contributed by atoms with van der Waals surface area (Å²) in [5.74, 6) is 0.988. The van der Waals surface area contributed by atoms with Crippen molar-refractivity contribution in [2.24, 2.45) is 0 Å². The SMILES string of the molecule is Cc1ccc(-c2nc(C)c(C(=O)N3CC(=O)Nc4ccccc43)s2)o1. The second-order valence-corrected chi connectivity index (χ2v) is 6.80. The number of aromatic nitrogens is 1. The fourth-order valence-corrected chi connectivity index (χ4v) is 3.76. The molecule has 0 saturated carbocycles. The number of nitrogens with one attached hydrogen (secondary N) is 1. The molecule has 0 radical (unpaired) electrons. The Labute approximate surface area is 148 Å². The lowest BCUT2D eigenvalue weighted by atomic mass is 10.2. The number of rotatable bonds is 2. The Morgan fingerprint density at radius 1 is 1.24 bits per heavy atom. The lowest BCUT2D eigenvalue weighted by molar-refractivity contribution is -0.115. The third-order valence-corrected chi connectivity index (χ3v) is 5.12. The van der Waals surface area contributed by atoms with Crippen LogP contribution in [-0.2, 0) is 4.79 Å². The number of para-hydroxylation sites is 2. The van der Waals surface area contributed by atoms with Gasteiger partial charge < -0.3 is 9.73 Å². The molecule has 0 bridgehead atoms. The van der Waals surface area contributed by atoms with Crippen molar-refractivity contribution in [2.75, 3.05) is 16.8 Å².